The van der Waals surface area contributed by atoms with Crippen LogP contribution in [0.4, 0.5) is 0 Å². The van der Waals surface area contributed by atoms with Gasteiger partial charge >= 0.3 is 0 Å². The Labute approximate surface area is 146 Å². The highest BCUT2D eigenvalue weighted by atomic mass is 16.5. The van der Waals surface area contributed by atoms with E-state index in [1.807, 2.05) is 42.5 Å². The number of hydrogen-bond donors (Lipinski definition) is 1. The molecule has 1 saturated carbocycles. The fraction of sp³-hybridized carbons (Fsp3) is 0.350. The largest absolute Gasteiger partial charge is 0.493 e. The van der Waals surface area contributed by atoms with Gasteiger partial charge in [0.2, 0.25) is 0 Å². The molecule has 1 N–H and O–H groups in total. The number of aromatic nitrogens is 2. The Balaban J connectivity index is 1.50. The minimum Gasteiger partial charge on any atom is -0.493 e. The number of ether oxygens (including phenoxy) is 2. The average Bonchev–Trinajstić information content (AvgIpc) is 3.43. The molecule has 0 bridgehead atoms. The zero-order valence-corrected chi connectivity index (χ0v) is 14.3. The number of methoxy groups -OCH3 is 1. The van der Waals surface area contributed by atoms with Gasteiger partial charge < -0.3 is 19.1 Å². The van der Waals surface area contributed by atoms with Crippen molar-refractivity contribution in [2.24, 2.45) is 0 Å². The summed E-state index contributed by atoms with van der Waals surface area (Å²) in [4.78, 5) is 4.76. The minimum absolute atomic E-state index is 0.205. The van der Waals surface area contributed by atoms with Crippen LogP contribution in [-0.2, 0) is 6.54 Å². The molecule has 1 heterocycles. The van der Waals surface area contributed by atoms with Gasteiger partial charge in [-0.2, -0.15) is 0 Å². The van der Waals surface area contributed by atoms with Gasteiger partial charge in [0.05, 0.1) is 24.7 Å². The Morgan fingerprint density at radius 3 is 2.60 bits per heavy atom. The molecule has 0 radical (unpaired) electrons. The quantitative estimate of drug-likeness (QED) is 0.718. The lowest BCUT2D eigenvalue weighted by molar-refractivity contribution is 0.0912. The third-order valence-electron chi connectivity index (χ3n) is 4.52. The number of benzene rings is 2. The van der Waals surface area contributed by atoms with E-state index in [4.69, 9.17) is 14.5 Å². The Morgan fingerprint density at radius 2 is 1.84 bits per heavy atom. The van der Waals surface area contributed by atoms with Crippen molar-refractivity contribution in [3.05, 3.63) is 54.4 Å². The lowest BCUT2D eigenvalue weighted by Crippen LogP contribution is -2.24. The van der Waals surface area contributed by atoms with Gasteiger partial charge in [-0.05, 0) is 37.1 Å². The SMILES string of the molecule is COc1ccccc1OC[C@@H](O)Cn1c(C2CC2)nc2ccccc21. The molecule has 1 aromatic heterocycles. The fourth-order valence-electron chi connectivity index (χ4n) is 3.13. The molecule has 1 aliphatic rings. The van der Waals surface area contributed by atoms with Crippen molar-refractivity contribution in [2.75, 3.05) is 13.7 Å². The summed E-state index contributed by atoms with van der Waals surface area (Å²) in [6, 6.07) is 15.6. The Kier molecular flexibility index (Phi) is 4.32. The molecule has 25 heavy (non-hydrogen) atoms. The first-order valence-electron chi connectivity index (χ1n) is 8.65. The summed E-state index contributed by atoms with van der Waals surface area (Å²) in [7, 11) is 1.61. The molecule has 5 heteroatoms. The van der Waals surface area contributed by atoms with E-state index in [0.717, 1.165) is 16.9 Å². The summed E-state index contributed by atoms with van der Waals surface area (Å²) in [6.07, 6.45) is 1.73. The van der Waals surface area contributed by atoms with Gasteiger partial charge in [0.1, 0.15) is 18.5 Å². The van der Waals surface area contributed by atoms with Crippen molar-refractivity contribution in [1.29, 1.82) is 0 Å². The van der Waals surface area contributed by atoms with Gasteiger partial charge in [0.25, 0.3) is 0 Å². The second-order valence-corrected chi connectivity index (χ2v) is 6.46. The number of hydrogen-bond acceptors (Lipinski definition) is 4. The van der Waals surface area contributed by atoms with Crippen LogP contribution >= 0.6 is 0 Å². The van der Waals surface area contributed by atoms with Gasteiger partial charge in [-0.1, -0.05) is 24.3 Å². The van der Waals surface area contributed by atoms with Crippen LogP contribution in [0.5, 0.6) is 11.5 Å². The van der Waals surface area contributed by atoms with Crippen molar-refractivity contribution >= 4 is 11.0 Å². The van der Waals surface area contributed by atoms with E-state index < -0.39 is 6.10 Å². The Morgan fingerprint density at radius 1 is 1.12 bits per heavy atom. The molecule has 1 atom stereocenters. The molecule has 1 fully saturated rings. The molecule has 5 nitrogen and oxygen atoms in total. The highest BCUT2D eigenvalue weighted by molar-refractivity contribution is 5.76. The summed E-state index contributed by atoms with van der Waals surface area (Å²) < 4.78 is 13.2. The number of nitrogens with zero attached hydrogens (tertiary/aromatic N) is 2. The topological polar surface area (TPSA) is 56.5 Å². The van der Waals surface area contributed by atoms with Crippen molar-refractivity contribution in [3.8, 4) is 11.5 Å². The van der Waals surface area contributed by atoms with E-state index >= 15 is 0 Å². The zero-order chi connectivity index (χ0) is 17.2. The van der Waals surface area contributed by atoms with Crippen LogP contribution in [0.25, 0.3) is 11.0 Å². The second-order valence-electron chi connectivity index (χ2n) is 6.46. The van der Waals surface area contributed by atoms with Crippen LogP contribution in [-0.4, -0.2) is 34.5 Å². The predicted octanol–water partition coefficient (Wildman–Crippen LogP) is 3.36. The normalized spacial score (nSPS) is 15.3. The van der Waals surface area contributed by atoms with Crippen molar-refractivity contribution in [1.82, 2.24) is 9.55 Å². The molecule has 0 unspecified atom stereocenters. The zero-order valence-electron chi connectivity index (χ0n) is 14.3. The monoisotopic (exact) mass is 338 g/mol. The molecular weight excluding hydrogens is 316 g/mol. The van der Waals surface area contributed by atoms with E-state index in [2.05, 4.69) is 10.6 Å². The van der Waals surface area contributed by atoms with E-state index in [9.17, 15) is 5.11 Å². The van der Waals surface area contributed by atoms with Crippen LogP contribution < -0.4 is 9.47 Å². The van der Waals surface area contributed by atoms with Gasteiger partial charge in [0.15, 0.2) is 11.5 Å². The molecule has 130 valence electrons. The fourth-order valence-corrected chi connectivity index (χ4v) is 3.13. The van der Waals surface area contributed by atoms with Crippen molar-refractivity contribution < 1.29 is 14.6 Å². The van der Waals surface area contributed by atoms with Crippen LogP contribution in [0.1, 0.15) is 24.6 Å². The third kappa shape index (κ3) is 3.33. The molecule has 0 amide bonds. The highest BCUT2D eigenvalue weighted by Gasteiger charge is 2.30. The highest BCUT2D eigenvalue weighted by Crippen LogP contribution is 2.40. The van der Waals surface area contributed by atoms with Crippen molar-refractivity contribution in [2.45, 2.75) is 31.4 Å². The Bertz CT molecular complexity index is 870. The van der Waals surface area contributed by atoms with Gasteiger partial charge in [-0.15, -0.1) is 0 Å². The van der Waals surface area contributed by atoms with E-state index in [1.54, 1.807) is 7.11 Å². The third-order valence-corrected chi connectivity index (χ3v) is 4.52. The smallest absolute Gasteiger partial charge is 0.161 e. The molecule has 3 aromatic rings. The molecule has 0 aliphatic heterocycles. The molecule has 4 rings (SSSR count). The summed E-state index contributed by atoms with van der Waals surface area (Å²) in [5.74, 6) is 2.91. The Hall–Kier alpha value is -2.53. The van der Waals surface area contributed by atoms with E-state index in [1.165, 1.54) is 12.8 Å². The van der Waals surface area contributed by atoms with Gasteiger partial charge in [-0.3, -0.25) is 0 Å². The predicted molar refractivity (Wildman–Crippen MR) is 96.2 cm³/mol. The lowest BCUT2D eigenvalue weighted by Gasteiger charge is -2.16. The minimum atomic E-state index is -0.625. The average molecular weight is 338 g/mol. The first kappa shape index (κ1) is 16.0. The summed E-state index contributed by atoms with van der Waals surface area (Å²) in [5, 5.41) is 10.5. The maximum atomic E-state index is 10.5. The molecule has 0 saturated heterocycles. The molecule has 2 aromatic carbocycles. The number of aliphatic hydroxyl groups is 1. The molecular formula is C20H22N2O3. The van der Waals surface area contributed by atoms with Crippen LogP contribution in [0, 0.1) is 0 Å². The first-order chi connectivity index (χ1) is 12.3. The summed E-state index contributed by atoms with van der Waals surface area (Å²) >= 11 is 0. The van der Waals surface area contributed by atoms with Gasteiger partial charge in [0, 0.05) is 5.92 Å². The second kappa shape index (κ2) is 6.76. The summed E-state index contributed by atoms with van der Waals surface area (Å²) in [5.41, 5.74) is 2.06. The maximum Gasteiger partial charge on any atom is 0.161 e. The number of rotatable bonds is 7. The lowest BCUT2D eigenvalue weighted by atomic mass is 10.3. The van der Waals surface area contributed by atoms with E-state index in [-0.39, 0.29) is 6.61 Å². The standard InChI is InChI=1S/C20H22N2O3/c1-24-18-8-4-5-9-19(18)25-13-15(23)12-22-17-7-3-2-6-16(17)21-20(22)14-10-11-14/h2-9,14-15,23H,10-13H2,1H3/t15-/m0/s1. The number of para-hydroxylation sites is 4. The summed E-state index contributed by atoms with van der Waals surface area (Å²) in [6.45, 7) is 0.679. The molecule has 0 spiro atoms. The number of imidazole rings is 1. The number of fused-ring (bicyclic) bond motifs is 1. The van der Waals surface area contributed by atoms with Crippen LogP contribution in [0.2, 0.25) is 0 Å². The van der Waals surface area contributed by atoms with Crippen LogP contribution in [0.15, 0.2) is 48.5 Å². The first-order valence-corrected chi connectivity index (χ1v) is 8.65. The van der Waals surface area contributed by atoms with Crippen molar-refractivity contribution in [3.63, 3.8) is 0 Å². The number of aliphatic hydroxyl groups excluding tert-OH is 1. The maximum absolute atomic E-state index is 10.5. The molecule has 1 aliphatic carbocycles. The van der Waals surface area contributed by atoms with Gasteiger partial charge in [-0.25, -0.2) is 4.98 Å². The van der Waals surface area contributed by atoms with Crippen LogP contribution in [0.3, 0.4) is 0 Å². The van der Waals surface area contributed by atoms with E-state index in [0.29, 0.717) is 24.0 Å².